The van der Waals surface area contributed by atoms with Gasteiger partial charge in [0, 0.05) is 5.92 Å². The molecule has 0 aliphatic carbocycles. The third-order valence-electron chi connectivity index (χ3n) is 5.74. The number of carbonyl (C=O) groups is 2. The third-order valence-corrected chi connectivity index (χ3v) is 5.74. The monoisotopic (exact) mass is 533 g/mol. The number of methoxy groups -OCH3 is 2. The van der Waals surface area contributed by atoms with Crippen LogP contribution in [0, 0.1) is 11.8 Å². The zero-order chi connectivity index (χ0) is 27.7. The van der Waals surface area contributed by atoms with Crippen LogP contribution in [0.4, 0.5) is 26.3 Å². The van der Waals surface area contributed by atoms with Crippen LogP contribution in [-0.4, -0.2) is 73.4 Å². The van der Waals surface area contributed by atoms with Gasteiger partial charge in [-0.3, -0.25) is 9.59 Å². The van der Waals surface area contributed by atoms with Gasteiger partial charge in [-0.1, -0.05) is 6.07 Å². The molecule has 2 rings (SSSR count). The lowest BCUT2D eigenvalue weighted by Crippen LogP contribution is -2.81. The molecular weight excluding hydrogens is 508 g/mol. The highest BCUT2D eigenvalue weighted by Gasteiger charge is 2.78. The third kappa shape index (κ3) is 4.91. The van der Waals surface area contributed by atoms with Gasteiger partial charge < -0.3 is 29.2 Å². The second-order valence-electron chi connectivity index (χ2n) is 7.75. The van der Waals surface area contributed by atoms with Gasteiger partial charge in [0.05, 0.1) is 27.4 Å². The smallest absolute Gasteiger partial charge is 0.432 e. The van der Waals surface area contributed by atoms with Crippen LogP contribution in [0.2, 0.25) is 0 Å². The van der Waals surface area contributed by atoms with Crippen LogP contribution in [0.1, 0.15) is 25.3 Å². The highest BCUT2D eigenvalue weighted by Crippen LogP contribution is 2.56. The van der Waals surface area contributed by atoms with Gasteiger partial charge in [0.1, 0.15) is 11.8 Å². The van der Waals surface area contributed by atoms with Crippen molar-refractivity contribution < 1.29 is 65.1 Å². The van der Waals surface area contributed by atoms with Crippen molar-refractivity contribution >= 4 is 11.9 Å². The molecule has 3 N–H and O–H groups in total. The Balaban J connectivity index is 3.03. The molecule has 1 fully saturated rings. The van der Waals surface area contributed by atoms with Gasteiger partial charge in [0.15, 0.2) is 11.5 Å². The van der Waals surface area contributed by atoms with E-state index in [1.165, 1.54) is 21.0 Å². The van der Waals surface area contributed by atoms with Crippen molar-refractivity contribution in [1.82, 2.24) is 5.32 Å². The molecule has 1 aromatic rings. The molecule has 36 heavy (non-hydrogen) atoms. The molecule has 0 saturated carbocycles. The molecule has 0 aromatic heterocycles. The average molecular weight is 533 g/mol. The van der Waals surface area contributed by atoms with Gasteiger partial charge in [-0.25, -0.2) is 5.32 Å². The first-order valence-electron chi connectivity index (χ1n) is 10.5. The number of piperidine rings is 1. The van der Waals surface area contributed by atoms with E-state index in [2.05, 4.69) is 9.47 Å². The summed E-state index contributed by atoms with van der Waals surface area (Å²) in [5.41, 5.74) is -9.93. The lowest BCUT2D eigenvalue weighted by atomic mass is 9.64. The summed E-state index contributed by atoms with van der Waals surface area (Å²) in [6, 6.07) is 2.98. The topological polar surface area (TPSA) is 124 Å². The fourth-order valence-electron chi connectivity index (χ4n) is 4.20. The van der Waals surface area contributed by atoms with Crippen molar-refractivity contribution in [2.75, 3.05) is 27.4 Å². The molecule has 1 saturated heterocycles. The van der Waals surface area contributed by atoms with Crippen LogP contribution >= 0.6 is 0 Å². The van der Waals surface area contributed by atoms with Crippen LogP contribution < -0.4 is 14.8 Å². The van der Waals surface area contributed by atoms with Crippen molar-refractivity contribution in [1.29, 1.82) is 0 Å². The van der Waals surface area contributed by atoms with E-state index in [1.54, 1.807) is 0 Å². The summed E-state index contributed by atoms with van der Waals surface area (Å²) in [7, 11) is 2.32. The van der Waals surface area contributed by atoms with E-state index in [0.29, 0.717) is 0 Å². The summed E-state index contributed by atoms with van der Waals surface area (Å²) >= 11 is 0. The maximum absolute atomic E-state index is 14.2. The largest absolute Gasteiger partial charge is 0.493 e. The molecule has 0 amide bonds. The number of alkyl halides is 6. The van der Waals surface area contributed by atoms with Gasteiger partial charge >= 0.3 is 24.3 Å². The van der Waals surface area contributed by atoms with Crippen molar-refractivity contribution in [2.45, 2.75) is 43.6 Å². The minimum Gasteiger partial charge on any atom is -0.493 e. The number of aliphatic hydroxyl groups is 2. The number of carbonyl (C=O) groups excluding carboxylic acids is 2. The average Bonchev–Trinajstić information content (AvgIpc) is 2.76. The molecule has 9 nitrogen and oxygen atoms in total. The normalized spacial score (nSPS) is 28.8. The van der Waals surface area contributed by atoms with E-state index in [-0.39, 0.29) is 11.5 Å². The van der Waals surface area contributed by atoms with Crippen LogP contribution in [0.5, 0.6) is 11.5 Å². The van der Waals surface area contributed by atoms with Gasteiger partial charge in [-0.2, -0.15) is 26.3 Å². The highest BCUT2D eigenvalue weighted by atomic mass is 19.4. The summed E-state index contributed by atoms with van der Waals surface area (Å²) in [6.45, 7) is 1.38. The predicted octanol–water partition coefficient (Wildman–Crippen LogP) is 2.25. The van der Waals surface area contributed by atoms with Gasteiger partial charge in [0.2, 0.25) is 11.4 Å². The van der Waals surface area contributed by atoms with E-state index < -0.39 is 72.3 Å². The van der Waals surface area contributed by atoms with Crippen LogP contribution in [0.15, 0.2) is 18.2 Å². The fourth-order valence-corrected chi connectivity index (χ4v) is 4.20. The molecule has 1 unspecified atom stereocenters. The van der Waals surface area contributed by atoms with Crippen molar-refractivity contribution in [3.05, 3.63) is 23.8 Å². The SMILES string of the molecule is CCOC(=O)[C@@H]1C(c2ccc(OC)c(OC)c2)[C@H](C(=O)OCC)[C@](O)(C(F)(F)F)N[C@]1(O)C(F)(F)F. The number of ether oxygens (including phenoxy) is 4. The Morgan fingerprint density at radius 1 is 0.861 bits per heavy atom. The molecule has 5 atom stereocenters. The zero-order valence-corrected chi connectivity index (χ0v) is 19.5. The number of rotatable bonds is 7. The van der Waals surface area contributed by atoms with Gasteiger partial charge in [-0.15, -0.1) is 0 Å². The summed E-state index contributed by atoms with van der Waals surface area (Å²) in [5.74, 6) is -12.1. The van der Waals surface area contributed by atoms with E-state index in [1.807, 2.05) is 0 Å². The first kappa shape index (κ1) is 29.5. The van der Waals surface area contributed by atoms with Crippen molar-refractivity contribution in [3.63, 3.8) is 0 Å². The predicted molar refractivity (Wildman–Crippen MR) is 108 cm³/mol. The molecule has 1 aromatic carbocycles. The molecule has 15 heteroatoms. The lowest BCUT2D eigenvalue weighted by Gasteiger charge is -2.54. The maximum atomic E-state index is 14.2. The molecular formula is C21H25F6NO8. The number of nitrogens with one attached hydrogen (secondary N) is 1. The molecule has 1 heterocycles. The quantitative estimate of drug-likeness (QED) is 0.358. The lowest BCUT2D eigenvalue weighted by molar-refractivity contribution is -0.376. The van der Waals surface area contributed by atoms with Crippen molar-refractivity contribution in [2.24, 2.45) is 11.8 Å². The Labute approximate surface area is 201 Å². The summed E-state index contributed by atoms with van der Waals surface area (Å²) in [4.78, 5) is 25.6. The van der Waals surface area contributed by atoms with Gasteiger partial charge in [0.25, 0.3) is 0 Å². The van der Waals surface area contributed by atoms with Gasteiger partial charge in [-0.05, 0) is 31.5 Å². The molecule has 1 aliphatic rings. The second-order valence-corrected chi connectivity index (χ2v) is 7.75. The Morgan fingerprint density at radius 3 is 1.61 bits per heavy atom. The molecule has 204 valence electrons. The summed E-state index contributed by atoms with van der Waals surface area (Å²) < 4.78 is 104. The number of hydrogen-bond acceptors (Lipinski definition) is 9. The minimum absolute atomic E-state index is 0.00715. The number of benzene rings is 1. The summed E-state index contributed by atoms with van der Waals surface area (Å²) in [5, 5.41) is 22.0. The van der Waals surface area contributed by atoms with E-state index in [9.17, 15) is 46.1 Å². The van der Waals surface area contributed by atoms with E-state index in [4.69, 9.17) is 9.47 Å². The van der Waals surface area contributed by atoms with Crippen LogP contribution in [-0.2, 0) is 19.1 Å². The Morgan fingerprint density at radius 2 is 1.28 bits per heavy atom. The molecule has 0 radical (unpaired) electrons. The Hall–Kier alpha value is -2.78. The molecule has 0 bridgehead atoms. The Kier molecular flexibility index (Phi) is 8.43. The van der Waals surface area contributed by atoms with E-state index >= 15 is 0 Å². The zero-order valence-electron chi connectivity index (χ0n) is 19.5. The maximum Gasteiger partial charge on any atom is 0.432 e. The summed E-state index contributed by atoms with van der Waals surface area (Å²) in [6.07, 6.45) is -11.9. The Bertz CT molecular complexity index is 923. The standard InChI is InChI=1S/C21H25F6NO8/c1-5-35-16(29)14-13(10-7-8-11(33-3)12(9-10)34-4)15(17(30)36-6-2)19(32,21(25,26)27)28-18(14,31)20(22,23)24/h7-9,13-15,28,31-32H,5-6H2,1-4H3/t13?,14-,15+,18+,19-. The van der Waals surface area contributed by atoms with Crippen molar-refractivity contribution in [3.8, 4) is 11.5 Å². The first-order valence-corrected chi connectivity index (χ1v) is 10.5. The molecule has 0 spiro atoms. The first-order chi connectivity index (χ1) is 16.5. The highest BCUT2D eigenvalue weighted by molar-refractivity contribution is 5.81. The second kappa shape index (κ2) is 10.3. The number of esters is 2. The minimum atomic E-state index is -5.97. The van der Waals surface area contributed by atoms with Crippen LogP contribution in [0.25, 0.3) is 0 Å². The molecule has 1 aliphatic heterocycles. The number of hydrogen-bond donors (Lipinski definition) is 3. The number of halogens is 6. The fraction of sp³-hybridized carbons (Fsp3) is 0.619. The van der Waals surface area contributed by atoms with E-state index in [0.717, 1.165) is 30.6 Å². The van der Waals surface area contributed by atoms with Crippen LogP contribution in [0.3, 0.4) is 0 Å².